The lowest BCUT2D eigenvalue weighted by atomic mass is 10.2. The van der Waals surface area contributed by atoms with Crippen molar-refractivity contribution in [1.29, 1.82) is 0 Å². The van der Waals surface area contributed by atoms with Gasteiger partial charge >= 0.3 is 21.8 Å². The van der Waals surface area contributed by atoms with Crippen LogP contribution in [-0.2, 0) is 6.54 Å². The summed E-state index contributed by atoms with van der Waals surface area (Å²) in [6, 6.07) is 5.32. The van der Waals surface area contributed by atoms with Crippen LogP contribution in [0.3, 0.4) is 0 Å². The highest BCUT2D eigenvalue weighted by molar-refractivity contribution is 6.50. The first kappa shape index (κ1) is 27.1. The third kappa shape index (κ3) is 23.8. The molecule has 0 saturated heterocycles. The molecule has 2 rings (SSSR count). The van der Waals surface area contributed by atoms with Crippen molar-refractivity contribution in [2.24, 2.45) is 0 Å². The van der Waals surface area contributed by atoms with E-state index < -0.39 is 21.8 Å². The fourth-order valence-corrected chi connectivity index (χ4v) is 1.20. The van der Waals surface area contributed by atoms with E-state index in [9.17, 15) is 56.9 Å². The van der Waals surface area contributed by atoms with Gasteiger partial charge in [-0.3, -0.25) is 0 Å². The first-order valence-electron chi connectivity index (χ1n) is 6.54. The van der Waals surface area contributed by atoms with Crippen LogP contribution in [0.15, 0.2) is 28.9 Å². The molecule has 1 N–H and O–H groups in total. The number of phenolic OH excluding ortho intramolecular Hbond substituents is 1. The van der Waals surface area contributed by atoms with Crippen LogP contribution in [0.1, 0.15) is 6.92 Å². The van der Waals surface area contributed by atoms with E-state index in [-0.39, 0.29) is 5.75 Å². The van der Waals surface area contributed by atoms with E-state index >= 15 is 0 Å². The Morgan fingerprint density at radius 1 is 0.815 bits per heavy atom. The second-order valence-corrected chi connectivity index (χ2v) is 4.13. The fourth-order valence-electron chi connectivity index (χ4n) is 1.20. The van der Waals surface area contributed by atoms with E-state index in [1.165, 1.54) is 0 Å². The van der Waals surface area contributed by atoms with Crippen molar-refractivity contribution in [3.63, 3.8) is 0 Å². The Morgan fingerprint density at radius 2 is 1.19 bits per heavy atom. The Morgan fingerprint density at radius 3 is 1.48 bits per heavy atom. The lowest BCUT2D eigenvalue weighted by molar-refractivity contribution is -0.857. The van der Waals surface area contributed by atoms with Gasteiger partial charge in [-0.05, 0) is 23.8 Å². The highest BCUT2D eigenvalue weighted by Crippen LogP contribution is 2.22. The smallest absolute Gasteiger partial charge is 0.504 e. The number of phenols is 1. The number of nitrogens with zero attached hydrogens (tertiary/aromatic N) is 1. The molecule has 0 unspecified atom stereocenters. The van der Waals surface area contributed by atoms with Crippen LogP contribution >= 0.6 is 0 Å². The van der Waals surface area contributed by atoms with E-state index in [0.29, 0.717) is 5.58 Å². The molecule has 1 aromatic heterocycles. The lowest BCUT2D eigenvalue weighted by Gasteiger charge is -1.94. The van der Waals surface area contributed by atoms with Gasteiger partial charge in [-0.25, -0.2) is 4.52 Å². The van der Waals surface area contributed by atoms with E-state index in [4.69, 9.17) is 4.52 Å². The minimum atomic E-state index is -6.00. The number of para-hydroxylation sites is 1. The highest BCUT2D eigenvalue weighted by atomic mass is 19.5. The van der Waals surface area contributed by atoms with Crippen LogP contribution in [0.2, 0.25) is 0 Å². The van der Waals surface area contributed by atoms with Gasteiger partial charge in [0.15, 0.2) is 12.3 Å². The fraction of sp³-hybridized carbons (Fsp3) is 0.222. The maximum Gasteiger partial charge on any atom is 0.673 e. The molecule has 3 nitrogen and oxygen atoms in total. The minimum Gasteiger partial charge on any atom is -0.504 e. The lowest BCUT2D eigenvalue weighted by Crippen LogP contribution is -2.27. The van der Waals surface area contributed by atoms with E-state index in [0.717, 1.165) is 11.9 Å². The summed E-state index contributed by atoms with van der Waals surface area (Å²) in [5.41, 5.74) is 0.555. The van der Waals surface area contributed by atoms with Gasteiger partial charge in [-0.1, -0.05) is 6.07 Å². The van der Waals surface area contributed by atoms with Gasteiger partial charge in [-0.2, -0.15) is 0 Å². The van der Waals surface area contributed by atoms with Gasteiger partial charge in [0.1, 0.15) is 0 Å². The molecular weight excluding hydrogens is 415 g/mol. The topological polar surface area (TPSA) is 37.2 Å². The number of aromatic nitrogens is 1. The van der Waals surface area contributed by atoms with Crippen molar-refractivity contribution in [3.05, 3.63) is 24.4 Å². The summed E-state index contributed by atoms with van der Waals surface area (Å²) in [6.45, 7) is 2.76. The number of rotatable bonds is 1. The molecule has 0 atom stereocenters. The predicted octanol–water partition coefficient (Wildman–Crippen LogP) is 5.35. The zero-order valence-corrected chi connectivity index (χ0v) is 13.1. The summed E-state index contributed by atoms with van der Waals surface area (Å²) in [7, 11) is -18.0. The van der Waals surface area contributed by atoms with Crippen LogP contribution in [0.5, 0.6) is 5.75 Å². The Balaban J connectivity index is 0. The number of hydrogen-bond acceptors (Lipinski definition) is 2. The minimum absolute atomic E-state index is 0.194. The number of aromatic hydroxyl groups is 1. The van der Waals surface area contributed by atoms with Crippen molar-refractivity contribution in [3.8, 4) is 5.75 Å². The molecule has 0 saturated carbocycles. The second kappa shape index (κ2) is 10.9. The molecule has 0 aliphatic carbocycles. The molecule has 2 aromatic rings. The molecule has 27 heavy (non-hydrogen) atoms. The largest absolute Gasteiger partial charge is 0.673 e. The van der Waals surface area contributed by atoms with Crippen molar-refractivity contribution in [2.45, 2.75) is 13.5 Å². The molecule has 0 spiro atoms. The SMILES string of the molecule is CC[n+]1cc2cccc(O)c2o1.F[B-](F)(F)F.F[B-](F)(F)F.F[B-](F)(F)F. The Kier molecular flexibility index (Phi) is 10.9. The zero-order chi connectivity index (χ0) is 22.1. The van der Waals surface area contributed by atoms with Gasteiger partial charge < -0.3 is 56.9 Å². The monoisotopic (exact) mass is 425 g/mol. The van der Waals surface area contributed by atoms with Crippen molar-refractivity contribution in [2.75, 3.05) is 0 Å². The van der Waals surface area contributed by atoms with Crippen molar-refractivity contribution < 1.29 is 66.2 Å². The maximum absolute atomic E-state index is 9.75. The third-order valence-corrected chi connectivity index (χ3v) is 1.83. The normalized spacial score (nSPS) is 11.4. The van der Waals surface area contributed by atoms with Crippen molar-refractivity contribution in [1.82, 2.24) is 0 Å². The Hall–Kier alpha value is -2.16. The predicted molar refractivity (Wildman–Crippen MR) is 74.3 cm³/mol. The molecule has 0 fully saturated rings. The number of halogens is 12. The van der Waals surface area contributed by atoms with Crippen LogP contribution in [0, 0.1) is 0 Å². The first-order chi connectivity index (χ1) is 11.8. The molecule has 18 heteroatoms. The average molecular weight is 425 g/mol. The number of fused-ring (bicyclic) bond motifs is 1. The van der Waals surface area contributed by atoms with Gasteiger partial charge in [0.25, 0.3) is 5.58 Å². The number of benzene rings is 1. The molecule has 158 valence electrons. The maximum atomic E-state index is 9.75. The molecular formula is C9H10B3F12NO2-2. The summed E-state index contributed by atoms with van der Waals surface area (Å²) in [5.74, 6) is 0.194. The number of aryl methyl sites for hydroxylation is 1. The Bertz CT molecular complexity index is 622. The quantitative estimate of drug-likeness (QED) is 0.381. The van der Waals surface area contributed by atoms with Gasteiger partial charge in [0, 0.05) is 0 Å². The van der Waals surface area contributed by atoms with Crippen LogP contribution in [0.25, 0.3) is 11.0 Å². The molecule has 0 aliphatic rings. The standard InChI is InChI=1S/C9H9NO2.3BF4/c1-2-10-6-7-4-3-5-8(11)9(7)12-10;3*2-1(3,4)5/h3-6H,2H2,1H3;;;/q;3*-1/p+1. The van der Waals surface area contributed by atoms with Crippen LogP contribution < -0.4 is 4.74 Å². The summed E-state index contributed by atoms with van der Waals surface area (Å²) in [4.78, 5) is 0. The summed E-state index contributed by atoms with van der Waals surface area (Å²) in [6.07, 6.45) is 1.87. The number of hydrogen-bond donors (Lipinski definition) is 1. The molecule has 0 amide bonds. The van der Waals surface area contributed by atoms with E-state index in [2.05, 4.69) is 0 Å². The molecule has 0 radical (unpaired) electrons. The van der Waals surface area contributed by atoms with Crippen LogP contribution in [0.4, 0.5) is 51.8 Å². The molecule has 1 heterocycles. The van der Waals surface area contributed by atoms with Gasteiger partial charge in [0.05, 0.1) is 5.39 Å². The third-order valence-electron chi connectivity index (χ3n) is 1.83. The second-order valence-electron chi connectivity index (χ2n) is 4.13. The highest BCUT2D eigenvalue weighted by Gasteiger charge is 2.21. The summed E-state index contributed by atoms with van der Waals surface area (Å²) < 4.78 is 124. The first-order valence-corrected chi connectivity index (χ1v) is 6.54. The molecule has 0 bridgehead atoms. The Labute approximate surface area is 143 Å². The molecule has 0 aliphatic heterocycles. The summed E-state index contributed by atoms with van der Waals surface area (Å²) in [5, 5.41) is 10.3. The van der Waals surface area contributed by atoms with Gasteiger partial charge in [-0.15, -0.1) is 0 Å². The van der Waals surface area contributed by atoms with E-state index in [1.54, 1.807) is 16.9 Å². The zero-order valence-electron chi connectivity index (χ0n) is 13.1. The van der Waals surface area contributed by atoms with Crippen molar-refractivity contribution >= 4 is 32.7 Å². The molecule has 1 aromatic carbocycles. The van der Waals surface area contributed by atoms with E-state index in [1.807, 2.05) is 19.2 Å². The van der Waals surface area contributed by atoms with Crippen LogP contribution in [-0.4, -0.2) is 26.9 Å². The average Bonchev–Trinajstić information content (AvgIpc) is 2.77. The van der Waals surface area contributed by atoms with Gasteiger partial charge in [0.2, 0.25) is 6.20 Å². The summed E-state index contributed by atoms with van der Waals surface area (Å²) >= 11 is 0.